The molecule has 0 aliphatic carbocycles. The fourth-order valence-corrected chi connectivity index (χ4v) is 0.300. The molecule has 0 saturated heterocycles. The summed E-state index contributed by atoms with van der Waals surface area (Å²) < 4.78 is 0. The third-order valence-electron chi connectivity index (χ3n) is 2.29. The Kier molecular flexibility index (Phi) is 160. The maximum absolute atomic E-state index is 8.47. The number of hydrogen-bond donors (Lipinski definition) is 16. The largest absolute Gasteiger partial charge is 0.396 e. The van der Waals surface area contributed by atoms with Crippen LogP contribution in [0.5, 0.6) is 0 Å². The van der Waals surface area contributed by atoms with Crippen molar-refractivity contribution in [2.24, 2.45) is 10.8 Å². The van der Waals surface area contributed by atoms with Crippen LogP contribution in [0.3, 0.4) is 0 Å². The predicted molar refractivity (Wildman–Crippen MR) is 232 cm³/mol. The minimum Gasteiger partial charge on any atom is -0.396 e. The first-order valence-electron chi connectivity index (χ1n) is 19.1. The van der Waals surface area contributed by atoms with Gasteiger partial charge in [0.2, 0.25) is 0 Å². The quantitative estimate of drug-likeness (QED) is 0.169. The molecule has 0 bridgehead atoms. The van der Waals surface area contributed by atoms with Crippen molar-refractivity contribution in [3.05, 3.63) is 0 Å². The van der Waals surface area contributed by atoms with Gasteiger partial charge < -0.3 is 81.7 Å². The number of aliphatic hydroxyl groups is 16. The Labute approximate surface area is 429 Å². The Balaban J connectivity index is -0.0000000253. The zero-order valence-electron chi connectivity index (χ0n) is 42.2. The molecule has 0 aliphatic heterocycles. The van der Waals surface area contributed by atoms with E-state index in [1.54, 1.807) is 152 Å². The van der Waals surface area contributed by atoms with Gasteiger partial charge >= 0.3 is 0 Å². The van der Waals surface area contributed by atoms with Crippen molar-refractivity contribution in [2.45, 2.75) is 213 Å². The maximum atomic E-state index is 8.47. The molecule has 0 fully saturated rings. The molecule has 0 unspecified atom stereocenters. The van der Waals surface area contributed by atoms with Gasteiger partial charge in [0.25, 0.3) is 0 Å². The average Bonchev–Trinajstić information content (AvgIpc) is 2.94. The summed E-state index contributed by atoms with van der Waals surface area (Å²) in [7, 11) is 0. The fourth-order valence-electron chi connectivity index (χ4n) is 0.300. The topological polar surface area (TPSA) is 324 Å². The monoisotopic (exact) mass is 1030 g/mol. The molecule has 0 atom stereocenters. The summed E-state index contributed by atoms with van der Waals surface area (Å²) in [5.74, 6) is 0. The summed E-state index contributed by atoms with van der Waals surface area (Å²) in [6.07, 6.45) is -1.67. The summed E-state index contributed by atoms with van der Waals surface area (Å²) in [6, 6.07) is 0. The molecular formula is C40H104O16Ti4. The molecule has 16 nitrogen and oxygen atoms in total. The van der Waals surface area contributed by atoms with E-state index in [-0.39, 0.29) is 188 Å². The van der Waals surface area contributed by atoms with E-state index >= 15 is 0 Å². The van der Waals surface area contributed by atoms with Gasteiger partial charge in [-0.1, -0.05) is 13.8 Å². The van der Waals surface area contributed by atoms with Crippen LogP contribution in [0.25, 0.3) is 0 Å². The molecule has 16 N–H and O–H groups in total. The molecule has 0 spiro atoms. The van der Waals surface area contributed by atoms with Crippen LogP contribution >= 0.6 is 0 Å². The average molecular weight is 1030 g/mol. The summed E-state index contributed by atoms with van der Waals surface area (Å²) in [5, 5.41) is 131. The Hall–Kier alpha value is 2.22. The van der Waals surface area contributed by atoms with E-state index in [0.717, 1.165) is 0 Å². The van der Waals surface area contributed by atoms with Gasteiger partial charge in [-0.25, -0.2) is 0 Å². The van der Waals surface area contributed by atoms with Gasteiger partial charge in [0.05, 0.1) is 39.6 Å². The van der Waals surface area contributed by atoms with E-state index in [9.17, 15) is 0 Å². The first-order valence-corrected chi connectivity index (χ1v) is 19.1. The zero-order chi connectivity index (χ0) is 49.0. The molecule has 0 aliphatic rings. The van der Waals surface area contributed by atoms with Gasteiger partial charge in [-0.15, -0.1) is 0 Å². The molecule has 376 valence electrons. The van der Waals surface area contributed by atoms with E-state index < -0.39 is 10.8 Å². The third kappa shape index (κ3) is 517. The number of rotatable bonds is 6. The molecule has 0 amide bonds. The van der Waals surface area contributed by atoms with Gasteiger partial charge in [-0.2, -0.15) is 0 Å². The van der Waals surface area contributed by atoms with E-state index in [1.807, 2.05) is 0 Å². The molecule has 0 heterocycles. The Morgan fingerprint density at radius 3 is 0.250 bits per heavy atom. The summed E-state index contributed by atoms with van der Waals surface area (Å²) in [5.41, 5.74) is -1.42. The normalized spacial score (nSPS) is 9.20. The molecule has 0 aromatic carbocycles. The Morgan fingerprint density at radius 1 is 0.217 bits per heavy atom. The Bertz CT molecular complexity index is 412. The molecule has 0 rings (SSSR count). The van der Waals surface area contributed by atoms with E-state index in [2.05, 4.69) is 0 Å². The minimum absolute atomic E-state index is 0. The van der Waals surface area contributed by atoms with Crippen LogP contribution in [-0.4, -0.2) is 182 Å². The smallest absolute Gasteiger partial charge is 0.0528 e. The summed E-state index contributed by atoms with van der Waals surface area (Å²) in [4.78, 5) is 0. The van der Waals surface area contributed by atoms with Crippen LogP contribution in [-0.2, 0) is 86.9 Å². The SMILES string of the molecule is CC(C)O.CC(C)O.CC(C)O.CC(C)O.CC(C)O.CC(C)O.CC(C)O.CC(C)O.CC(C)O.CC(C)O.CC(CO)(CO)CO.CC(CO)(CO)CO.[Ti].[Ti].[Ti].[Ti]. The van der Waals surface area contributed by atoms with Crippen molar-refractivity contribution in [3.8, 4) is 0 Å². The van der Waals surface area contributed by atoms with Gasteiger partial charge in [-0.05, 0) is 138 Å². The first kappa shape index (κ1) is 109. The van der Waals surface area contributed by atoms with Crippen LogP contribution in [0.4, 0.5) is 0 Å². The second-order valence-corrected chi connectivity index (χ2v) is 15.5. The van der Waals surface area contributed by atoms with Crippen LogP contribution in [0.1, 0.15) is 152 Å². The fraction of sp³-hybridized carbons (Fsp3) is 1.00. The van der Waals surface area contributed by atoms with Crippen LogP contribution in [0, 0.1) is 10.8 Å². The molecule has 0 saturated carbocycles. The first-order chi connectivity index (χ1) is 24.7. The van der Waals surface area contributed by atoms with E-state index in [1.165, 1.54) is 0 Å². The van der Waals surface area contributed by atoms with Crippen molar-refractivity contribution in [3.63, 3.8) is 0 Å². The van der Waals surface area contributed by atoms with Crippen molar-refractivity contribution >= 4 is 0 Å². The summed E-state index contributed by atoms with van der Waals surface area (Å²) >= 11 is 0. The standard InChI is InChI=1S/2C5H12O3.10C3H8O.4Ti/c2*1-5(2-6,3-7)4-8;10*1-3(2)4;;;;/h2*6-8H,2-4H2,1H3;10*3-4H,1-2H3;;;;. The van der Waals surface area contributed by atoms with Crippen molar-refractivity contribution in [1.29, 1.82) is 0 Å². The van der Waals surface area contributed by atoms with Gasteiger partial charge in [-0.3, -0.25) is 0 Å². The molecule has 0 aromatic heterocycles. The maximum Gasteiger partial charge on any atom is 0.0528 e. The van der Waals surface area contributed by atoms with Crippen molar-refractivity contribution < 1.29 is 169 Å². The molecule has 20 heteroatoms. The Morgan fingerprint density at radius 2 is 0.250 bits per heavy atom. The molecule has 60 heavy (non-hydrogen) atoms. The van der Waals surface area contributed by atoms with Gasteiger partial charge in [0.15, 0.2) is 0 Å². The molecule has 0 aromatic rings. The van der Waals surface area contributed by atoms with Crippen molar-refractivity contribution in [2.75, 3.05) is 39.6 Å². The van der Waals surface area contributed by atoms with E-state index in [4.69, 9.17) is 81.7 Å². The van der Waals surface area contributed by atoms with Crippen LogP contribution < -0.4 is 0 Å². The second-order valence-electron chi connectivity index (χ2n) is 15.5. The van der Waals surface area contributed by atoms with Gasteiger partial charge in [0, 0.05) is 159 Å². The van der Waals surface area contributed by atoms with Crippen molar-refractivity contribution in [1.82, 2.24) is 0 Å². The number of hydrogen-bond acceptors (Lipinski definition) is 16. The van der Waals surface area contributed by atoms with Crippen LogP contribution in [0.15, 0.2) is 0 Å². The summed E-state index contributed by atoms with van der Waals surface area (Å²) in [6.45, 7) is 36.6. The van der Waals surface area contributed by atoms with E-state index in [0.29, 0.717) is 0 Å². The molecular weight excluding hydrogens is 928 g/mol. The minimum atomic E-state index is -0.708. The number of aliphatic hydroxyl groups excluding tert-OH is 16. The van der Waals surface area contributed by atoms with Crippen LogP contribution in [0.2, 0.25) is 0 Å². The molecule has 0 radical (unpaired) electrons. The predicted octanol–water partition coefficient (Wildman–Crippen LogP) is 1.80. The zero-order valence-corrected chi connectivity index (χ0v) is 48.4. The second kappa shape index (κ2) is 88.0. The third-order valence-corrected chi connectivity index (χ3v) is 2.29. The van der Waals surface area contributed by atoms with Gasteiger partial charge in [0.1, 0.15) is 0 Å².